The van der Waals surface area contributed by atoms with Crippen molar-refractivity contribution in [3.8, 4) is 0 Å². The van der Waals surface area contributed by atoms with Crippen LogP contribution in [0.5, 0.6) is 0 Å². The van der Waals surface area contributed by atoms with Crippen LogP contribution < -0.4 is 5.32 Å². The Morgan fingerprint density at radius 1 is 1.53 bits per heavy atom. The Hall–Kier alpha value is -0.700. The van der Waals surface area contributed by atoms with E-state index < -0.39 is 9.84 Å². The molecule has 0 radical (unpaired) electrons. The third-order valence-corrected chi connectivity index (χ3v) is 4.10. The molecule has 7 heteroatoms. The van der Waals surface area contributed by atoms with Gasteiger partial charge in [-0.05, 0) is 28.7 Å². The van der Waals surface area contributed by atoms with E-state index in [1.54, 1.807) is 12.3 Å². The van der Waals surface area contributed by atoms with Crippen LogP contribution in [0.25, 0.3) is 0 Å². The van der Waals surface area contributed by atoms with Crippen molar-refractivity contribution in [3.05, 3.63) is 27.6 Å². The minimum atomic E-state index is -3.02. The zero-order valence-corrected chi connectivity index (χ0v) is 10.6. The molecule has 1 aliphatic heterocycles. The number of hydrogen-bond acceptors (Lipinski definition) is 5. The van der Waals surface area contributed by atoms with Gasteiger partial charge in [-0.15, -0.1) is 0 Å². The predicted molar refractivity (Wildman–Crippen MR) is 65.1 cm³/mol. The summed E-state index contributed by atoms with van der Waals surface area (Å²) in [6, 6.07) is -0.196. The van der Waals surface area contributed by atoms with Gasteiger partial charge in [-0.25, -0.2) is 18.4 Å². The fourth-order valence-electron chi connectivity index (χ4n) is 1.26. The molecule has 2 heterocycles. The van der Waals surface area contributed by atoms with Gasteiger partial charge >= 0.3 is 0 Å². The Labute approximate surface area is 101 Å². The van der Waals surface area contributed by atoms with Crippen LogP contribution in [0.3, 0.4) is 0 Å². The molecule has 1 N–H and O–H groups in total. The van der Waals surface area contributed by atoms with Crippen molar-refractivity contribution < 1.29 is 8.42 Å². The SMILES string of the molecule is O=S1(=O)C=CC(Nc2ncncc2I)C1. The van der Waals surface area contributed by atoms with Gasteiger partial charge in [0.1, 0.15) is 12.1 Å². The van der Waals surface area contributed by atoms with Gasteiger partial charge in [0.05, 0.1) is 15.4 Å². The molecule has 0 fully saturated rings. The van der Waals surface area contributed by atoms with Gasteiger partial charge in [0.2, 0.25) is 0 Å². The summed E-state index contributed by atoms with van der Waals surface area (Å²) >= 11 is 2.09. The lowest BCUT2D eigenvalue weighted by molar-refractivity contribution is 0.605. The average Bonchev–Trinajstić information content (AvgIpc) is 2.50. The van der Waals surface area contributed by atoms with Crippen molar-refractivity contribution in [2.75, 3.05) is 11.1 Å². The molecule has 1 aromatic rings. The van der Waals surface area contributed by atoms with Crippen LogP contribution in [0.2, 0.25) is 0 Å². The first-order valence-corrected chi connectivity index (χ1v) is 6.99. The third-order valence-electron chi connectivity index (χ3n) is 1.92. The predicted octanol–water partition coefficient (Wildman–Crippen LogP) is 0.804. The molecule has 15 heavy (non-hydrogen) atoms. The molecule has 0 aromatic carbocycles. The van der Waals surface area contributed by atoms with Crippen molar-refractivity contribution >= 4 is 38.2 Å². The zero-order valence-electron chi connectivity index (χ0n) is 7.59. The maximum absolute atomic E-state index is 11.2. The highest BCUT2D eigenvalue weighted by Gasteiger charge is 2.22. The summed E-state index contributed by atoms with van der Waals surface area (Å²) < 4.78 is 23.2. The molecule has 1 aromatic heterocycles. The fraction of sp³-hybridized carbons (Fsp3) is 0.250. The Bertz CT molecular complexity index is 500. The summed E-state index contributed by atoms with van der Waals surface area (Å²) in [7, 11) is -3.02. The van der Waals surface area contributed by atoms with Crippen molar-refractivity contribution in [3.63, 3.8) is 0 Å². The Balaban J connectivity index is 2.12. The first kappa shape index (κ1) is 10.8. The summed E-state index contributed by atoms with van der Waals surface area (Å²) in [5.74, 6) is 0.755. The Kier molecular flexibility index (Phi) is 2.91. The first-order chi connectivity index (χ1) is 7.07. The number of anilines is 1. The molecular formula is C8H8IN3O2S. The van der Waals surface area contributed by atoms with Gasteiger partial charge in [0.25, 0.3) is 0 Å². The third kappa shape index (κ3) is 2.65. The van der Waals surface area contributed by atoms with E-state index in [1.807, 2.05) is 0 Å². The van der Waals surface area contributed by atoms with Crippen LogP contribution in [0.1, 0.15) is 0 Å². The monoisotopic (exact) mass is 337 g/mol. The molecule has 2 rings (SSSR count). The van der Waals surface area contributed by atoms with E-state index in [0.717, 1.165) is 3.57 Å². The van der Waals surface area contributed by atoms with Crippen LogP contribution in [0.15, 0.2) is 24.0 Å². The number of rotatable bonds is 2. The highest BCUT2D eigenvalue weighted by atomic mass is 127. The Morgan fingerprint density at radius 3 is 2.93 bits per heavy atom. The van der Waals surface area contributed by atoms with E-state index in [4.69, 9.17) is 0 Å². The number of nitrogens with one attached hydrogen (secondary N) is 1. The maximum Gasteiger partial charge on any atom is 0.173 e. The van der Waals surface area contributed by atoms with Gasteiger partial charge in [-0.2, -0.15) is 0 Å². The summed E-state index contributed by atoms with van der Waals surface area (Å²) in [6.45, 7) is 0. The maximum atomic E-state index is 11.2. The van der Waals surface area contributed by atoms with Crippen LogP contribution >= 0.6 is 22.6 Å². The van der Waals surface area contributed by atoms with Crippen molar-refractivity contribution in [2.24, 2.45) is 0 Å². The second-order valence-corrected chi connectivity index (χ2v) is 6.22. The number of aromatic nitrogens is 2. The molecule has 0 saturated carbocycles. The Morgan fingerprint density at radius 2 is 2.33 bits per heavy atom. The topological polar surface area (TPSA) is 72.0 Å². The molecule has 5 nitrogen and oxygen atoms in total. The lowest BCUT2D eigenvalue weighted by Gasteiger charge is -2.10. The molecule has 1 aliphatic rings. The standard InChI is InChI=1S/C8H8IN3O2S/c9-7-3-10-5-11-8(7)12-6-1-2-15(13,14)4-6/h1-3,5-6H,4H2,(H,10,11,12). The summed E-state index contributed by atoms with van der Waals surface area (Å²) in [5, 5.41) is 4.28. The lowest BCUT2D eigenvalue weighted by Crippen LogP contribution is -2.22. The summed E-state index contributed by atoms with van der Waals surface area (Å²) in [4.78, 5) is 7.88. The second-order valence-electron chi connectivity index (χ2n) is 3.13. The second kappa shape index (κ2) is 4.05. The first-order valence-electron chi connectivity index (χ1n) is 4.20. The van der Waals surface area contributed by atoms with Crippen molar-refractivity contribution in [2.45, 2.75) is 6.04 Å². The van der Waals surface area contributed by atoms with Crippen molar-refractivity contribution in [1.82, 2.24) is 9.97 Å². The molecule has 1 unspecified atom stereocenters. The lowest BCUT2D eigenvalue weighted by atomic mass is 10.3. The van der Waals surface area contributed by atoms with Gasteiger partial charge in [0, 0.05) is 11.6 Å². The number of nitrogens with zero attached hydrogens (tertiary/aromatic N) is 2. The normalized spacial score (nSPS) is 22.9. The minimum absolute atomic E-state index is 0.0904. The van der Waals surface area contributed by atoms with E-state index in [-0.39, 0.29) is 11.8 Å². The van der Waals surface area contributed by atoms with Gasteiger partial charge in [-0.1, -0.05) is 0 Å². The van der Waals surface area contributed by atoms with Crippen LogP contribution in [-0.2, 0) is 9.84 Å². The average molecular weight is 337 g/mol. The van der Waals surface area contributed by atoms with Crippen LogP contribution in [0, 0.1) is 3.57 Å². The van der Waals surface area contributed by atoms with Crippen LogP contribution in [-0.4, -0.2) is 30.2 Å². The summed E-state index contributed by atoms with van der Waals surface area (Å²) in [5.41, 5.74) is 0. The highest BCUT2D eigenvalue weighted by molar-refractivity contribution is 14.1. The molecule has 80 valence electrons. The van der Waals surface area contributed by atoms with E-state index in [9.17, 15) is 8.42 Å². The smallest absolute Gasteiger partial charge is 0.173 e. The molecule has 0 bridgehead atoms. The minimum Gasteiger partial charge on any atom is -0.362 e. The largest absolute Gasteiger partial charge is 0.362 e. The van der Waals surface area contributed by atoms with Gasteiger partial charge in [-0.3, -0.25) is 0 Å². The van der Waals surface area contributed by atoms with Gasteiger partial charge < -0.3 is 5.32 Å². The number of sulfone groups is 1. The van der Waals surface area contributed by atoms with Gasteiger partial charge in [0.15, 0.2) is 9.84 Å². The zero-order chi connectivity index (χ0) is 10.9. The molecule has 0 amide bonds. The molecule has 1 atom stereocenters. The van der Waals surface area contributed by atoms with E-state index in [0.29, 0.717) is 5.82 Å². The van der Waals surface area contributed by atoms with Crippen LogP contribution in [0.4, 0.5) is 5.82 Å². The highest BCUT2D eigenvalue weighted by Crippen LogP contribution is 2.17. The quantitative estimate of drug-likeness (QED) is 0.809. The number of halogens is 1. The van der Waals surface area contributed by atoms with Crippen molar-refractivity contribution in [1.29, 1.82) is 0 Å². The van der Waals surface area contributed by atoms with E-state index in [2.05, 4.69) is 37.9 Å². The number of hydrogen-bond donors (Lipinski definition) is 1. The van der Waals surface area contributed by atoms with E-state index in [1.165, 1.54) is 11.7 Å². The van der Waals surface area contributed by atoms with E-state index >= 15 is 0 Å². The molecular weight excluding hydrogens is 329 g/mol. The summed E-state index contributed by atoms with van der Waals surface area (Å²) in [6.07, 6.45) is 4.73. The molecule has 0 spiro atoms. The molecule has 0 saturated heterocycles. The fourth-order valence-corrected chi connectivity index (χ4v) is 2.95. The molecule has 0 aliphatic carbocycles.